The SMILES string of the molecule is CN(Cc1ccccc1)CC1CCN(CCOc2ccccc2)CC1.Cl.Cl. The maximum absolute atomic E-state index is 5.82. The van der Waals surface area contributed by atoms with Crippen molar-refractivity contribution >= 4 is 24.8 Å². The molecule has 5 heteroatoms. The van der Waals surface area contributed by atoms with Gasteiger partial charge in [-0.1, -0.05) is 48.5 Å². The predicted octanol–water partition coefficient (Wildman–Crippen LogP) is 4.75. The fourth-order valence-electron chi connectivity index (χ4n) is 3.60. The van der Waals surface area contributed by atoms with Gasteiger partial charge in [0.05, 0.1) is 0 Å². The summed E-state index contributed by atoms with van der Waals surface area (Å²) in [4.78, 5) is 5.00. The molecule has 0 aromatic heterocycles. The van der Waals surface area contributed by atoms with Gasteiger partial charge in [-0.05, 0) is 56.6 Å². The average molecular weight is 411 g/mol. The van der Waals surface area contributed by atoms with Crippen molar-refractivity contribution in [2.24, 2.45) is 5.92 Å². The molecule has 0 amide bonds. The van der Waals surface area contributed by atoms with Gasteiger partial charge in [0.25, 0.3) is 0 Å². The van der Waals surface area contributed by atoms with Gasteiger partial charge in [-0.2, -0.15) is 0 Å². The molecular formula is C22H32Cl2N2O. The third kappa shape index (κ3) is 8.52. The van der Waals surface area contributed by atoms with Gasteiger partial charge in [-0.15, -0.1) is 24.8 Å². The maximum atomic E-state index is 5.82. The number of ether oxygens (including phenoxy) is 1. The van der Waals surface area contributed by atoms with Gasteiger partial charge in [0.1, 0.15) is 12.4 Å². The highest BCUT2D eigenvalue weighted by molar-refractivity contribution is 5.85. The molecule has 1 fully saturated rings. The Labute approximate surface area is 176 Å². The number of benzene rings is 2. The Morgan fingerprint density at radius 1 is 0.926 bits per heavy atom. The van der Waals surface area contributed by atoms with Crippen LogP contribution in [0, 0.1) is 5.92 Å². The molecule has 0 aliphatic carbocycles. The number of halogens is 2. The van der Waals surface area contributed by atoms with Crippen LogP contribution in [0.3, 0.4) is 0 Å². The van der Waals surface area contributed by atoms with E-state index in [0.717, 1.165) is 31.4 Å². The Morgan fingerprint density at radius 3 is 2.15 bits per heavy atom. The quantitative estimate of drug-likeness (QED) is 0.623. The van der Waals surface area contributed by atoms with Crippen LogP contribution in [0.15, 0.2) is 60.7 Å². The number of para-hydroxylation sites is 1. The summed E-state index contributed by atoms with van der Waals surface area (Å²) in [7, 11) is 2.24. The van der Waals surface area contributed by atoms with Crippen molar-refractivity contribution in [3.05, 3.63) is 66.2 Å². The maximum Gasteiger partial charge on any atom is 0.119 e. The van der Waals surface area contributed by atoms with Crippen molar-refractivity contribution in [1.82, 2.24) is 9.80 Å². The van der Waals surface area contributed by atoms with E-state index in [2.05, 4.69) is 47.2 Å². The first-order valence-electron chi connectivity index (χ1n) is 9.42. The molecule has 1 saturated heterocycles. The second-order valence-electron chi connectivity index (χ2n) is 7.13. The van der Waals surface area contributed by atoms with Gasteiger partial charge < -0.3 is 9.64 Å². The first-order valence-corrected chi connectivity index (χ1v) is 9.42. The zero-order valence-electron chi connectivity index (χ0n) is 16.1. The monoisotopic (exact) mass is 410 g/mol. The number of nitrogens with zero attached hydrogens (tertiary/aromatic N) is 2. The second-order valence-corrected chi connectivity index (χ2v) is 7.13. The van der Waals surface area contributed by atoms with Gasteiger partial charge in [0.2, 0.25) is 0 Å². The molecule has 0 atom stereocenters. The highest BCUT2D eigenvalue weighted by atomic mass is 35.5. The van der Waals surface area contributed by atoms with Crippen molar-refractivity contribution in [3.63, 3.8) is 0 Å². The van der Waals surface area contributed by atoms with E-state index in [9.17, 15) is 0 Å². The largest absolute Gasteiger partial charge is 0.492 e. The summed E-state index contributed by atoms with van der Waals surface area (Å²) < 4.78 is 5.82. The molecule has 2 aromatic rings. The topological polar surface area (TPSA) is 15.7 Å². The van der Waals surface area contributed by atoms with Gasteiger partial charge in [-0.3, -0.25) is 4.90 Å². The first-order chi connectivity index (χ1) is 12.3. The summed E-state index contributed by atoms with van der Waals surface area (Å²) in [5.41, 5.74) is 1.40. The molecule has 0 saturated carbocycles. The van der Waals surface area contributed by atoms with Crippen LogP contribution in [0.4, 0.5) is 0 Å². The van der Waals surface area contributed by atoms with Crippen molar-refractivity contribution in [1.29, 1.82) is 0 Å². The summed E-state index contributed by atoms with van der Waals surface area (Å²) in [6, 6.07) is 20.9. The highest BCUT2D eigenvalue weighted by Crippen LogP contribution is 2.19. The molecule has 27 heavy (non-hydrogen) atoms. The fourth-order valence-corrected chi connectivity index (χ4v) is 3.60. The molecular weight excluding hydrogens is 379 g/mol. The fraction of sp³-hybridized carbons (Fsp3) is 0.455. The van der Waals surface area contributed by atoms with E-state index in [0.29, 0.717) is 0 Å². The van der Waals surface area contributed by atoms with Crippen LogP contribution >= 0.6 is 24.8 Å². The van der Waals surface area contributed by atoms with E-state index in [-0.39, 0.29) is 24.8 Å². The molecule has 1 aliphatic rings. The van der Waals surface area contributed by atoms with E-state index < -0.39 is 0 Å². The minimum atomic E-state index is 0. The summed E-state index contributed by atoms with van der Waals surface area (Å²) in [5.74, 6) is 1.79. The van der Waals surface area contributed by atoms with E-state index in [1.54, 1.807) is 0 Å². The van der Waals surface area contributed by atoms with Crippen molar-refractivity contribution in [3.8, 4) is 5.75 Å². The molecule has 1 heterocycles. The Balaban J connectivity index is 0.00000182. The summed E-state index contributed by atoms with van der Waals surface area (Å²) >= 11 is 0. The molecule has 0 N–H and O–H groups in total. The smallest absolute Gasteiger partial charge is 0.119 e. The number of hydrogen-bond acceptors (Lipinski definition) is 3. The Bertz CT molecular complexity index is 604. The minimum Gasteiger partial charge on any atom is -0.492 e. The van der Waals surface area contributed by atoms with E-state index in [1.165, 1.54) is 38.0 Å². The zero-order chi connectivity index (χ0) is 17.3. The highest BCUT2D eigenvalue weighted by Gasteiger charge is 2.20. The molecule has 150 valence electrons. The average Bonchev–Trinajstić information content (AvgIpc) is 2.65. The lowest BCUT2D eigenvalue weighted by Crippen LogP contribution is -2.39. The third-order valence-corrected chi connectivity index (χ3v) is 4.99. The van der Waals surface area contributed by atoms with Gasteiger partial charge in [0, 0.05) is 19.6 Å². The lowest BCUT2D eigenvalue weighted by molar-refractivity contribution is 0.134. The first kappa shape index (κ1) is 23.8. The molecule has 0 bridgehead atoms. The van der Waals surface area contributed by atoms with E-state index in [4.69, 9.17) is 4.74 Å². The van der Waals surface area contributed by atoms with Crippen LogP contribution in [0.2, 0.25) is 0 Å². The minimum absolute atomic E-state index is 0. The summed E-state index contributed by atoms with van der Waals surface area (Å²) in [5, 5.41) is 0. The number of piperidine rings is 1. The molecule has 2 aromatic carbocycles. The van der Waals surface area contributed by atoms with Gasteiger partial charge in [-0.25, -0.2) is 0 Å². The van der Waals surface area contributed by atoms with E-state index in [1.807, 2.05) is 30.3 Å². The normalized spacial score (nSPS) is 15.0. The molecule has 3 nitrogen and oxygen atoms in total. The molecule has 1 aliphatic heterocycles. The van der Waals surface area contributed by atoms with Crippen LogP contribution in [0.25, 0.3) is 0 Å². The van der Waals surface area contributed by atoms with Crippen LogP contribution in [-0.4, -0.2) is 49.6 Å². The predicted molar refractivity (Wildman–Crippen MR) is 118 cm³/mol. The molecule has 0 unspecified atom stereocenters. The number of rotatable bonds is 8. The van der Waals surface area contributed by atoms with Crippen LogP contribution < -0.4 is 4.74 Å². The van der Waals surface area contributed by atoms with Crippen LogP contribution in [0.1, 0.15) is 18.4 Å². The lowest BCUT2D eigenvalue weighted by Gasteiger charge is -2.33. The number of hydrogen-bond donors (Lipinski definition) is 0. The standard InChI is InChI=1S/C22H30N2O.2ClH/c1-23(18-20-8-4-2-5-9-20)19-21-12-14-24(15-13-21)16-17-25-22-10-6-3-7-11-22;;/h2-11,21H,12-19H2,1H3;2*1H. The zero-order valence-corrected chi connectivity index (χ0v) is 17.8. The third-order valence-electron chi connectivity index (χ3n) is 4.99. The summed E-state index contributed by atoms with van der Waals surface area (Å²) in [6.07, 6.45) is 2.59. The van der Waals surface area contributed by atoms with Crippen molar-refractivity contribution in [2.75, 3.05) is 39.8 Å². The van der Waals surface area contributed by atoms with Gasteiger partial charge >= 0.3 is 0 Å². The molecule has 0 radical (unpaired) electrons. The molecule has 3 rings (SSSR count). The van der Waals surface area contributed by atoms with Gasteiger partial charge in [0.15, 0.2) is 0 Å². The van der Waals surface area contributed by atoms with Crippen LogP contribution in [-0.2, 0) is 6.54 Å². The molecule has 0 spiro atoms. The Morgan fingerprint density at radius 2 is 1.52 bits per heavy atom. The van der Waals surface area contributed by atoms with Crippen molar-refractivity contribution < 1.29 is 4.74 Å². The van der Waals surface area contributed by atoms with Crippen LogP contribution in [0.5, 0.6) is 5.75 Å². The van der Waals surface area contributed by atoms with E-state index >= 15 is 0 Å². The number of likely N-dealkylation sites (tertiary alicyclic amines) is 1. The summed E-state index contributed by atoms with van der Waals surface area (Å²) in [6.45, 7) is 6.45. The van der Waals surface area contributed by atoms with Crippen molar-refractivity contribution in [2.45, 2.75) is 19.4 Å². The Hall–Kier alpha value is -1.26. The lowest BCUT2D eigenvalue weighted by atomic mass is 9.96. The second kappa shape index (κ2) is 13.0. The Kier molecular flexibility index (Phi) is 11.5.